The van der Waals surface area contributed by atoms with Crippen LogP contribution in [0.5, 0.6) is 0 Å². The minimum Gasteiger partial charge on any atom is -0.326 e. The summed E-state index contributed by atoms with van der Waals surface area (Å²) in [7, 11) is 1.88. The number of aromatic nitrogens is 4. The molecular weight excluding hydrogens is 352 g/mol. The molecule has 2 N–H and O–H groups in total. The van der Waals surface area contributed by atoms with E-state index in [1.807, 2.05) is 43.8 Å². The molecule has 0 spiro atoms. The molecule has 7 nitrogen and oxygen atoms in total. The van der Waals surface area contributed by atoms with Crippen molar-refractivity contribution >= 4 is 23.2 Å². The first kappa shape index (κ1) is 16.8. The second kappa shape index (κ2) is 6.93. The molecular formula is C18H19ClN6O. The normalized spacial score (nSPS) is 19.6. The zero-order valence-corrected chi connectivity index (χ0v) is 15.0. The Morgan fingerprint density at radius 2 is 2.23 bits per heavy atom. The van der Waals surface area contributed by atoms with Gasteiger partial charge in [0.1, 0.15) is 0 Å². The Morgan fingerprint density at radius 1 is 1.35 bits per heavy atom. The predicted octanol–water partition coefficient (Wildman–Crippen LogP) is 2.20. The van der Waals surface area contributed by atoms with Gasteiger partial charge in [0.15, 0.2) is 0 Å². The molecule has 1 aliphatic heterocycles. The van der Waals surface area contributed by atoms with E-state index < -0.39 is 0 Å². The van der Waals surface area contributed by atoms with Crippen molar-refractivity contribution in [2.75, 3.05) is 18.4 Å². The summed E-state index contributed by atoms with van der Waals surface area (Å²) in [4.78, 5) is 12.8. The van der Waals surface area contributed by atoms with Crippen LogP contribution in [0.1, 0.15) is 11.5 Å². The van der Waals surface area contributed by atoms with Gasteiger partial charge in [0.25, 0.3) is 0 Å². The molecule has 0 bridgehead atoms. The molecule has 4 rings (SSSR count). The first-order valence-corrected chi connectivity index (χ1v) is 8.79. The van der Waals surface area contributed by atoms with Gasteiger partial charge in [-0.1, -0.05) is 11.6 Å². The van der Waals surface area contributed by atoms with E-state index in [4.69, 9.17) is 11.6 Å². The lowest BCUT2D eigenvalue weighted by Gasteiger charge is -2.17. The number of carbonyl (C=O) groups excluding carboxylic acids is 1. The number of nitrogens with one attached hydrogen (secondary N) is 2. The smallest absolute Gasteiger partial charge is 0.229 e. The molecule has 0 radical (unpaired) electrons. The highest BCUT2D eigenvalue weighted by atomic mass is 35.5. The third-order valence-corrected chi connectivity index (χ3v) is 4.97. The van der Waals surface area contributed by atoms with Gasteiger partial charge >= 0.3 is 0 Å². The number of anilines is 1. The zero-order valence-electron chi connectivity index (χ0n) is 14.3. The fourth-order valence-electron chi connectivity index (χ4n) is 3.35. The highest BCUT2D eigenvalue weighted by Gasteiger charge is 2.34. The van der Waals surface area contributed by atoms with E-state index in [2.05, 4.69) is 20.8 Å². The van der Waals surface area contributed by atoms with E-state index in [1.165, 1.54) is 0 Å². The Morgan fingerprint density at radius 3 is 2.92 bits per heavy atom. The van der Waals surface area contributed by atoms with E-state index in [9.17, 15) is 4.79 Å². The summed E-state index contributed by atoms with van der Waals surface area (Å²) in [5, 5.41) is 15.2. The van der Waals surface area contributed by atoms with Gasteiger partial charge in [-0.15, -0.1) is 0 Å². The van der Waals surface area contributed by atoms with Crippen LogP contribution in [0.2, 0.25) is 5.02 Å². The lowest BCUT2D eigenvalue weighted by molar-refractivity contribution is -0.119. The average molecular weight is 371 g/mol. The third kappa shape index (κ3) is 3.23. The molecule has 1 fully saturated rings. The van der Waals surface area contributed by atoms with E-state index in [0.717, 1.165) is 17.8 Å². The number of halogens is 1. The van der Waals surface area contributed by atoms with E-state index >= 15 is 0 Å². The summed E-state index contributed by atoms with van der Waals surface area (Å²) in [6.45, 7) is 1.41. The van der Waals surface area contributed by atoms with E-state index in [0.29, 0.717) is 17.3 Å². The fraction of sp³-hybridized carbons (Fsp3) is 0.278. The Balaban J connectivity index is 1.50. The predicted molar refractivity (Wildman–Crippen MR) is 99.5 cm³/mol. The maximum Gasteiger partial charge on any atom is 0.229 e. The van der Waals surface area contributed by atoms with Gasteiger partial charge in [-0.05, 0) is 29.8 Å². The molecule has 1 aliphatic rings. The van der Waals surface area contributed by atoms with Crippen molar-refractivity contribution in [3.63, 3.8) is 0 Å². The Bertz CT molecular complexity index is 920. The lowest BCUT2D eigenvalue weighted by Crippen LogP contribution is -2.28. The molecule has 2 aromatic heterocycles. The van der Waals surface area contributed by atoms with Crippen LogP contribution in [0.25, 0.3) is 5.69 Å². The first-order valence-electron chi connectivity index (χ1n) is 8.41. The zero-order chi connectivity index (χ0) is 18.1. The van der Waals surface area contributed by atoms with Crippen molar-refractivity contribution in [2.45, 2.75) is 5.92 Å². The van der Waals surface area contributed by atoms with Crippen molar-refractivity contribution in [2.24, 2.45) is 13.0 Å². The molecule has 8 heteroatoms. The Hall–Kier alpha value is -2.64. The Kier molecular flexibility index (Phi) is 4.48. The molecule has 134 valence electrons. The average Bonchev–Trinajstić information content (AvgIpc) is 3.36. The van der Waals surface area contributed by atoms with Crippen molar-refractivity contribution in [3.05, 3.63) is 59.6 Å². The van der Waals surface area contributed by atoms with Crippen LogP contribution in [-0.4, -0.2) is 38.6 Å². The molecule has 1 amide bonds. The SMILES string of the molecule is Cn1cc([C@H]2CNC[C@@H]2C(=O)Nc2ccc(-n3cccn3)c(Cl)c2)cn1. The van der Waals surface area contributed by atoms with Gasteiger partial charge in [0.05, 0.1) is 22.8 Å². The van der Waals surface area contributed by atoms with E-state index in [-0.39, 0.29) is 17.7 Å². The fourth-order valence-corrected chi connectivity index (χ4v) is 3.62. The van der Waals surface area contributed by atoms with Gasteiger partial charge in [-0.3, -0.25) is 9.48 Å². The molecule has 0 aliphatic carbocycles. The number of benzene rings is 1. The largest absolute Gasteiger partial charge is 0.326 e. The van der Waals surface area contributed by atoms with Crippen LogP contribution in [0.3, 0.4) is 0 Å². The van der Waals surface area contributed by atoms with Gasteiger partial charge in [-0.2, -0.15) is 10.2 Å². The number of aryl methyl sites for hydroxylation is 1. The minimum absolute atomic E-state index is 0.0215. The first-order chi connectivity index (χ1) is 12.6. The highest BCUT2D eigenvalue weighted by molar-refractivity contribution is 6.32. The van der Waals surface area contributed by atoms with Crippen LogP contribution in [0, 0.1) is 5.92 Å². The summed E-state index contributed by atoms with van der Waals surface area (Å²) < 4.78 is 3.45. The number of hydrogen-bond acceptors (Lipinski definition) is 4. The maximum absolute atomic E-state index is 12.8. The van der Waals surface area contributed by atoms with Crippen LogP contribution < -0.4 is 10.6 Å². The molecule has 26 heavy (non-hydrogen) atoms. The van der Waals surface area contributed by atoms with Gasteiger partial charge in [-0.25, -0.2) is 4.68 Å². The highest BCUT2D eigenvalue weighted by Crippen LogP contribution is 2.30. The van der Waals surface area contributed by atoms with Crippen LogP contribution in [0.15, 0.2) is 49.1 Å². The summed E-state index contributed by atoms with van der Waals surface area (Å²) >= 11 is 6.36. The molecule has 3 aromatic rings. The monoisotopic (exact) mass is 370 g/mol. The minimum atomic E-state index is -0.149. The Labute approximate surface area is 156 Å². The van der Waals surface area contributed by atoms with Gasteiger partial charge in [0.2, 0.25) is 5.91 Å². The number of hydrogen-bond donors (Lipinski definition) is 2. The summed E-state index contributed by atoms with van der Waals surface area (Å²) in [6.07, 6.45) is 7.31. The number of rotatable bonds is 4. The second-order valence-corrected chi connectivity index (χ2v) is 6.83. The second-order valence-electron chi connectivity index (χ2n) is 6.42. The molecule has 0 unspecified atom stereocenters. The number of nitrogens with zero attached hydrogens (tertiary/aromatic N) is 4. The third-order valence-electron chi connectivity index (χ3n) is 4.67. The molecule has 2 atom stereocenters. The molecule has 0 saturated carbocycles. The molecule has 1 saturated heterocycles. The van der Waals surface area contributed by atoms with Crippen molar-refractivity contribution in [1.82, 2.24) is 24.9 Å². The summed E-state index contributed by atoms with van der Waals surface area (Å²) in [5.41, 5.74) is 2.52. The molecule has 1 aromatic carbocycles. The standard InChI is InChI=1S/C18H19ClN6O/c1-24-11-12(8-22-24)14-9-20-10-15(14)18(26)23-13-3-4-17(16(19)7-13)25-6-2-5-21-25/h2-8,11,14-15,20H,9-10H2,1H3,(H,23,26)/t14-,15+/m1/s1. The van der Waals surface area contributed by atoms with Crippen molar-refractivity contribution < 1.29 is 4.79 Å². The summed E-state index contributed by atoms with van der Waals surface area (Å²) in [6, 6.07) is 7.26. The lowest BCUT2D eigenvalue weighted by atomic mass is 9.90. The van der Waals surface area contributed by atoms with Gasteiger partial charge in [0, 0.05) is 50.3 Å². The van der Waals surface area contributed by atoms with Crippen LogP contribution in [0.4, 0.5) is 5.69 Å². The topological polar surface area (TPSA) is 76.8 Å². The van der Waals surface area contributed by atoms with Crippen molar-refractivity contribution in [1.29, 1.82) is 0 Å². The summed E-state index contributed by atoms with van der Waals surface area (Å²) in [5.74, 6) is -0.0574. The quantitative estimate of drug-likeness (QED) is 0.738. The number of carbonyl (C=O) groups is 1. The van der Waals surface area contributed by atoms with Crippen LogP contribution in [-0.2, 0) is 11.8 Å². The maximum atomic E-state index is 12.8. The molecule has 3 heterocycles. The van der Waals surface area contributed by atoms with Crippen molar-refractivity contribution in [3.8, 4) is 5.69 Å². The van der Waals surface area contributed by atoms with Crippen LogP contribution >= 0.6 is 11.6 Å². The number of amides is 1. The van der Waals surface area contributed by atoms with Gasteiger partial charge < -0.3 is 10.6 Å². The van der Waals surface area contributed by atoms with E-state index in [1.54, 1.807) is 21.6 Å².